The van der Waals surface area contributed by atoms with Crippen LogP contribution in [0, 0.1) is 18.2 Å². The Kier molecular flexibility index (Phi) is 7.42. The minimum absolute atomic E-state index is 0.0855. The molecule has 3 atom stereocenters. The molecule has 2 N–H and O–H groups in total. The van der Waals surface area contributed by atoms with Gasteiger partial charge in [-0.15, -0.1) is 6.42 Å². The van der Waals surface area contributed by atoms with Gasteiger partial charge in [0, 0.05) is 16.6 Å². The Morgan fingerprint density at radius 2 is 1.88 bits per heavy atom. The number of carbonyl (C=O) groups excluding carboxylic acids is 1. The molecular weight excluding hydrogens is 432 g/mol. The third-order valence-corrected chi connectivity index (χ3v) is 5.49. The molecule has 6 nitrogen and oxygen atoms in total. The number of aliphatic hydroxyl groups is 1. The summed E-state index contributed by atoms with van der Waals surface area (Å²) in [5.41, 5.74) is 3.25. The number of fused-ring (bicyclic) bond motifs is 1. The molecule has 0 aliphatic heterocycles. The smallest absolute Gasteiger partial charge is 0.367 e. The fraction of sp³-hybridized carbons (Fsp3) is 0.250. The first-order valence-corrected chi connectivity index (χ1v) is 11.3. The van der Waals surface area contributed by atoms with Gasteiger partial charge in [0.05, 0.1) is 24.0 Å². The highest BCUT2D eigenvalue weighted by molar-refractivity contribution is 7.32. The molecule has 3 aromatic rings. The third-order valence-electron chi connectivity index (χ3n) is 5.09. The topological polar surface area (TPSA) is 96.7 Å². The number of para-hydroxylation sites is 1. The lowest BCUT2D eigenvalue weighted by Gasteiger charge is -2.26. The summed E-state index contributed by atoms with van der Waals surface area (Å²) in [7, 11) is -3.49. The summed E-state index contributed by atoms with van der Waals surface area (Å²) in [4.78, 5) is 25.5. The third kappa shape index (κ3) is 5.05. The fourth-order valence-electron chi connectivity index (χ4n) is 3.74. The SMILES string of the molecule is C#CC(c1c(C(C)C)nc2ccccc2c1-c1ccc(F)cc1)C(O)CC(=O)O[PH](=O)O. The summed E-state index contributed by atoms with van der Waals surface area (Å²) in [6.07, 6.45) is 3.85. The minimum Gasteiger partial charge on any atom is -0.394 e. The van der Waals surface area contributed by atoms with Gasteiger partial charge in [-0.1, -0.05) is 50.1 Å². The van der Waals surface area contributed by atoms with Gasteiger partial charge in [-0.3, -0.25) is 9.78 Å². The van der Waals surface area contributed by atoms with E-state index in [9.17, 15) is 18.9 Å². The first kappa shape index (κ1) is 23.6. The number of nitrogens with zero attached hydrogens (tertiary/aromatic N) is 1. The summed E-state index contributed by atoms with van der Waals surface area (Å²) in [5.74, 6) is 0.0647. The van der Waals surface area contributed by atoms with Crippen LogP contribution < -0.4 is 0 Å². The Morgan fingerprint density at radius 1 is 1.22 bits per heavy atom. The second-order valence-corrected chi connectivity index (χ2v) is 8.36. The molecular formula is C24H23FNO5P. The van der Waals surface area contributed by atoms with E-state index in [0.29, 0.717) is 27.9 Å². The number of aliphatic hydroxyl groups excluding tert-OH is 1. The minimum atomic E-state index is -3.49. The molecule has 32 heavy (non-hydrogen) atoms. The number of aromatic nitrogens is 1. The molecule has 2 aromatic carbocycles. The van der Waals surface area contributed by atoms with E-state index in [2.05, 4.69) is 10.4 Å². The summed E-state index contributed by atoms with van der Waals surface area (Å²) >= 11 is 0. The summed E-state index contributed by atoms with van der Waals surface area (Å²) in [6.45, 7) is 3.86. The number of hydrogen-bond donors (Lipinski definition) is 2. The summed E-state index contributed by atoms with van der Waals surface area (Å²) in [6, 6.07) is 13.3. The molecule has 0 saturated heterocycles. The lowest BCUT2D eigenvalue weighted by Crippen LogP contribution is -2.24. The van der Waals surface area contributed by atoms with Gasteiger partial charge < -0.3 is 14.5 Å². The predicted octanol–water partition coefficient (Wildman–Crippen LogP) is 4.56. The summed E-state index contributed by atoms with van der Waals surface area (Å²) < 4.78 is 28.8. The maximum atomic E-state index is 13.6. The van der Waals surface area contributed by atoms with Crippen molar-refractivity contribution in [1.82, 2.24) is 4.98 Å². The van der Waals surface area contributed by atoms with Gasteiger partial charge in [-0.25, -0.2) is 8.96 Å². The van der Waals surface area contributed by atoms with Crippen molar-refractivity contribution in [2.75, 3.05) is 0 Å². The lowest BCUT2D eigenvalue weighted by atomic mass is 9.81. The molecule has 1 heterocycles. The van der Waals surface area contributed by atoms with E-state index in [0.717, 1.165) is 5.39 Å². The molecule has 0 saturated carbocycles. The van der Waals surface area contributed by atoms with E-state index in [4.69, 9.17) is 16.3 Å². The van der Waals surface area contributed by atoms with Crippen LogP contribution in [0.15, 0.2) is 48.5 Å². The zero-order valence-corrected chi connectivity index (χ0v) is 18.6. The molecule has 0 radical (unpaired) electrons. The number of pyridine rings is 1. The van der Waals surface area contributed by atoms with Crippen LogP contribution in [-0.2, 0) is 13.9 Å². The number of carbonyl (C=O) groups is 1. The molecule has 0 amide bonds. The van der Waals surface area contributed by atoms with Gasteiger partial charge in [0.1, 0.15) is 5.82 Å². The molecule has 166 valence electrons. The Morgan fingerprint density at radius 3 is 2.47 bits per heavy atom. The van der Waals surface area contributed by atoms with E-state index >= 15 is 0 Å². The van der Waals surface area contributed by atoms with E-state index < -0.39 is 38.5 Å². The Bertz CT molecular complexity index is 1200. The van der Waals surface area contributed by atoms with Crippen molar-refractivity contribution < 1.29 is 28.3 Å². The van der Waals surface area contributed by atoms with Crippen molar-refractivity contribution in [3.63, 3.8) is 0 Å². The molecule has 1 aromatic heterocycles. The van der Waals surface area contributed by atoms with E-state index in [1.54, 1.807) is 12.1 Å². The average Bonchev–Trinajstić information content (AvgIpc) is 2.73. The second kappa shape index (κ2) is 10.1. The second-order valence-electron chi connectivity index (χ2n) is 7.62. The molecule has 3 rings (SSSR count). The number of hydrogen-bond acceptors (Lipinski definition) is 5. The van der Waals surface area contributed by atoms with Gasteiger partial charge in [0.25, 0.3) is 0 Å². The number of terminal acetylenes is 1. The first-order valence-electron chi connectivity index (χ1n) is 9.99. The predicted molar refractivity (Wildman–Crippen MR) is 121 cm³/mol. The molecule has 0 bridgehead atoms. The van der Waals surface area contributed by atoms with Gasteiger partial charge in [0.15, 0.2) is 0 Å². The molecule has 0 aliphatic carbocycles. The van der Waals surface area contributed by atoms with Crippen molar-refractivity contribution in [3.8, 4) is 23.5 Å². The quantitative estimate of drug-likeness (QED) is 0.401. The van der Waals surface area contributed by atoms with Gasteiger partial charge in [-0.2, -0.15) is 0 Å². The molecule has 0 aliphatic rings. The normalized spacial score (nSPS) is 14.0. The highest BCUT2D eigenvalue weighted by Crippen LogP contribution is 2.41. The van der Waals surface area contributed by atoms with Crippen LogP contribution in [0.4, 0.5) is 4.39 Å². The number of halogens is 1. The van der Waals surface area contributed by atoms with Crippen LogP contribution in [0.25, 0.3) is 22.0 Å². The van der Waals surface area contributed by atoms with E-state index in [-0.39, 0.29) is 5.92 Å². The Hall–Kier alpha value is -3.04. The van der Waals surface area contributed by atoms with Crippen LogP contribution in [0.3, 0.4) is 0 Å². The number of benzene rings is 2. The lowest BCUT2D eigenvalue weighted by molar-refractivity contribution is -0.136. The van der Waals surface area contributed by atoms with Crippen molar-refractivity contribution in [3.05, 3.63) is 65.6 Å². The highest BCUT2D eigenvalue weighted by atomic mass is 31.1. The average molecular weight is 455 g/mol. The van der Waals surface area contributed by atoms with Crippen molar-refractivity contribution in [2.45, 2.75) is 38.2 Å². The zero-order chi connectivity index (χ0) is 23.4. The molecule has 8 heteroatoms. The molecule has 0 spiro atoms. The fourth-order valence-corrected chi connectivity index (χ4v) is 4.02. The van der Waals surface area contributed by atoms with Gasteiger partial charge in [0.2, 0.25) is 0 Å². The Balaban J connectivity index is 2.27. The highest BCUT2D eigenvalue weighted by Gasteiger charge is 2.30. The van der Waals surface area contributed by atoms with Crippen molar-refractivity contribution >= 4 is 25.1 Å². The van der Waals surface area contributed by atoms with Crippen LogP contribution in [0.1, 0.15) is 43.4 Å². The van der Waals surface area contributed by atoms with E-state index in [1.165, 1.54) is 12.1 Å². The number of rotatable bonds is 7. The van der Waals surface area contributed by atoms with Gasteiger partial charge >= 0.3 is 14.2 Å². The van der Waals surface area contributed by atoms with Crippen LogP contribution in [-0.4, -0.2) is 27.1 Å². The van der Waals surface area contributed by atoms with Crippen LogP contribution in [0.2, 0.25) is 0 Å². The largest absolute Gasteiger partial charge is 0.394 e. The molecule has 0 fully saturated rings. The van der Waals surface area contributed by atoms with Crippen molar-refractivity contribution in [1.29, 1.82) is 0 Å². The Labute approximate surface area is 186 Å². The maximum absolute atomic E-state index is 13.6. The van der Waals surface area contributed by atoms with Crippen molar-refractivity contribution in [2.24, 2.45) is 0 Å². The van der Waals surface area contributed by atoms with E-state index in [1.807, 2.05) is 38.1 Å². The summed E-state index contributed by atoms with van der Waals surface area (Å²) in [5, 5.41) is 11.6. The van der Waals surface area contributed by atoms with Crippen LogP contribution >= 0.6 is 8.25 Å². The van der Waals surface area contributed by atoms with Gasteiger partial charge in [-0.05, 0) is 35.2 Å². The standard InChI is InChI=1S/C24H23FNO5P/c1-4-17(20(27)13-21(28)31-32(29)30)23-22(15-9-11-16(25)12-10-15)18-7-5-6-8-19(18)26-24(23)14(2)3/h1,5-12,14,17,20,27,32H,13H2,2-3H3,(H,29,30). The monoisotopic (exact) mass is 455 g/mol. The van der Waals surface area contributed by atoms with Crippen LogP contribution in [0.5, 0.6) is 0 Å². The maximum Gasteiger partial charge on any atom is 0.367 e. The first-order chi connectivity index (χ1) is 15.2. The molecule has 3 unspecified atom stereocenters. The zero-order valence-electron chi connectivity index (χ0n) is 17.6.